The van der Waals surface area contributed by atoms with Gasteiger partial charge in [0, 0.05) is 23.0 Å². The van der Waals surface area contributed by atoms with Crippen molar-refractivity contribution in [2.75, 3.05) is 10.6 Å². The third-order valence-electron chi connectivity index (χ3n) is 4.41. The maximum atomic E-state index is 12.7. The maximum Gasteiger partial charge on any atom is 0.412 e. The first kappa shape index (κ1) is 23.9. The lowest BCUT2D eigenvalue weighted by Crippen LogP contribution is -2.27. The second-order valence-corrected chi connectivity index (χ2v) is 8.72. The van der Waals surface area contributed by atoms with Gasteiger partial charge in [0.15, 0.2) is 5.78 Å². The number of ether oxygens (including phenoxy) is 1. The van der Waals surface area contributed by atoms with Gasteiger partial charge < -0.3 is 10.1 Å². The number of benzene rings is 2. The van der Waals surface area contributed by atoms with Gasteiger partial charge in [-0.25, -0.2) is 4.79 Å². The van der Waals surface area contributed by atoms with Gasteiger partial charge in [0.2, 0.25) is 5.91 Å². The molecule has 3 aromatic rings. The predicted octanol–water partition coefficient (Wildman–Crippen LogP) is 5.96. The smallest absolute Gasteiger partial charge is 0.412 e. The first-order valence-electron chi connectivity index (χ1n) is 10.2. The summed E-state index contributed by atoms with van der Waals surface area (Å²) in [6, 6.07) is 15.3. The minimum absolute atomic E-state index is 0.261. The van der Waals surface area contributed by atoms with Gasteiger partial charge in [0.1, 0.15) is 5.60 Å². The first-order valence-corrected chi connectivity index (χ1v) is 10.6. The van der Waals surface area contributed by atoms with Crippen molar-refractivity contribution in [2.45, 2.75) is 32.8 Å². The van der Waals surface area contributed by atoms with Crippen LogP contribution in [0.2, 0.25) is 5.02 Å². The molecule has 8 heteroatoms. The number of amides is 2. The SMILES string of the molecule is CC(C)(C)OC(=O)Nc1ccc(Cl)cc1NC(=O)CC(=O)c1cccc(-c2ccncc2)c1. The van der Waals surface area contributed by atoms with E-state index in [9.17, 15) is 14.4 Å². The Hall–Kier alpha value is -3.71. The van der Waals surface area contributed by atoms with Crippen molar-refractivity contribution in [1.29, 1.82) is 0 Å². The summed E-state index contributed by atoms with van der Waals surface area (Å²) in [6.45, 7) is 5.23. The number of carbonyl (C=O) groups excluding carboxylic acids is 3. The highest BCUT2D eigenvalue weighted by molar-refractivity contribution is 6.31. The Bertz CT molecular complexity index is 1170. The predicted molar refractivity (Wildman–Crippen MR) is 129 cm³/mol. The molecule has 0 atom stereocenters. The summed E-state index contributed by atoms with van der Waals surface area (Å²) in [5, 5.41) is 5.59. The van der Waals surface area contributed by atoms with Gasteiger partial charge in [-0.2, -0.15) is 0 Å². The van der Waals surface area contributed by atoms with Gasteiger partial charge in [-0.1, -0.05) is 29.8 Å². The summed E-state index contributed by atoms with van der Waals surface area (Å²) in [5.41, 5.74) is 2.06. The van der Waals surface area contributed by atoms with Gasteiger partial charge >= 0.3 is 6.09 Å². The zero-order chi connectivity index (χ0) is 24.0. The van der Waals surface area contributed by atoms with E-state index in [1.165, 1.54) is 6.07 Å². The molecule has 0 radical (unpaired) electrons. The molecule has 0 aliphatic carbocycles. The van der Waals surface area contributed by atoms with Crippen LogP contribution in [0.4, 0.5) is 16.2 Å². The van der Waals surface area contributed by atoms with Gasteiger partial charge in [-0.3, -0.25) is 19.9 Å². The number of nitrogens with one attached hydrogen (secondary N) is 2. The Morgan fingerprint density at radius 1 is 0.909 bits per heavy atom. The third-order valence-corrected chi connectivity index (χ3v) is 4.65. The monoisotopic (exact) mass is 465 g/mol. The fourth-order valence-corrected chi connectivity index (χ4v) is 3.17. The van der Waals surface area contributed by atoms with Crippen LogP contribution < -0.4 is 10.6 Å². The van der Waals surface area contributed by atoms with E-state index in [1.54, 1.807) is 63.5 Å². The fraction of sp³-hybridized carbons (Fsp3) is 0.200. The van der Waals surface area contributed by atoms with E-state index >= 15 is 0 Å². The van der Waals surface area contributed by atoms with Crippen LogP contribution in [0.25, 0.3) is 11.1 Å². The van der Waals surface area contributed by atoms with Crippen molar-refractivity contribution in [1.82, 2.24) is 4.98 Å². The summed E-state index contributed by atoms with van der Waals surface area (Å²) in [4.78, 5) is 41.4. The number of hydrogen-bond acceptors (Lipinski definition) is 5. The molecule has 33 heavy (non-hydrogen) atoms. The average molecular weight is 466 g/mol. The number of rotatable bonds is 6. The Kier molecular flexibility index (Phi) is 7.45. The van der Waals surface area contributed by atoms with Crippen molar-refractivity contribution >= 4 is 40.8 Å². The molecule has 1 heterocycles. The average Bonchev–Trinajstić information content (AvgIpc) is 2.75. The van der Waals surface area contributed by atoms with E-state index in [1.807, 2.05) is 18.2 Å². The minimum Gasteiger partial charge on any atom is -0.444 e. The van der Waals surface area contributed by atoms with Crippen LogP contribution in [0.5, 0.6) is 0 Å². The highest BCUT2D eigenvalue weighted by Crippen LogP contribution is 2.27. The Balaban J connectivity index is 1.70. The van der Waals surface area contributed by atoms with Crippen molar-refractivity contribution in [3.8, 4) is 11.1 Å². The summed E-state index contributed by atoms with van der Waals surface area (Å²) < 4.78 is 5.25. The molecule has 3 rings (SSSR count). The van der Waals surface area contributed by atoms with E-state index in [0.717, 1.165) is 11.1 Å². The van der Waals surface area contributed by atoms with Crippen LogP contribution in [-0.4, -0.2) is 28.4 Å². The molecule has 0 unspecified atom stereocenters. The van der Waals surface area contributed by atoms with Crippen LogP contribution in [0.15, 0.2) is 67.0 Å². The van der Waals surface area contributed by atoms with Gasteiger partial charge in [-0.05, 0) is 68.3 Å². The zero-order valence-electron chi connectivity index (χ0n) is 18.5. The van der Waals surface area contributed by atoms with Crippen molar-refractivity contribution in [2.24, 2.45) is 0 Å². The first-order chi connectivity index (χ1) is 15.6. The van der Waals surface area contributed by atoms with Crippen LogP contribution >= 0.6 is 11.6 Å². The van der Waals surface area contributed by atoms with E-state index < -0.39 is 17.6 Å². The quantitative estimate of drug-likeness (QED) is 0.345. The lowest BCUT2D eigenvalue weighted by Gasteiger charge is -2.20. The van der Waals surface area contributed by atoms with E-state index in [2.05, 4.69) is 15.6 Å². The molecule has 2 aromatic carbocycles. The number of carbonyl (C=O) groups is 3. The van der Waals surface area contributed by atoms with E-state index in [-0.39, 0.29) is 17.9 Å². The number of aromatic nitrogens is 1. The molecule has 7 nitrogen and oxygen atoms in total. The van der Waals surface area contributed by atoms with Crippen LogP contribution in [0.1, 0.15) is 37.6 Å². The molecule has 0 aliphatic heterocycles. The number of Topliss-reactive ketones (excluding diaryl/α,β-unsaturated/α-hetero) is 1. The number of anilines is 2. The van der Waals surface area contributed by atoms with Crippen LogP contribution in [-0.2, 0) is 9.53 Å². The highest BCUT2D eigenvalue weighted by atomic mass is 35.5. The van der Waals surface area contributed by atoms with Gasteiger partial charge in [0.25, 0.3) is 0 Å². The summed E-state index contributed by atoms with van der Waals surface area (Å²) >= 11 is 6.05. The number of nitrogens with zero attached hydrogens (tertiary/aromatic N) is 1. The normalized spacial score (nSPS) is 10.9. The summed E-state index contributed by atoms with van der Waals surface area (Å²) in [6.07, 6.45) is 2.29. The lowest BCUT2D eigenvalue weighted by atomic mass is 10.0. The number of hydrogen-bond donors (Lipinski definition) is 2. The van der Waals surface area contributed by atoms with E-state index in [4.69, 9.17) is 16.3 Å². The molecule has 1 aromatic heterocycles. The molecule has 0 spiro atoms. The van der Waals surface area contributed by atoms with Crippen LogP contribution in [0.3, 0.4) is 0 Å². The molecule has 2 amide bonds. The largest absolute Gasteiger partial charge is 0.444 e. The van der Waals surface area contributed by atoms with Crippen molar-refractivity contribution in [3.63, 3.8) is 0 Å². The molecule has 0 aliphatic rings. The minimum atomic E-state index is -0.683. The van der Waals surface area contributed by atoms with Crippen molar-refractivity contribution < 1.29 is 19.1 Å². The van der Waals surface area contributed by atoms with Crippen LogP contribution in [0, 0.1) is 0 Å². The number of halogens is 1. The molecule has 170 valence electrons. The Morgan fingerprint density at radius 2 is 1.64 bits per heavy atom. The second kappa shape index (κ2) is 10.3. The van der Waals surface area contributed by atoms with Gasteiger partial charge in [0.05, 0.1) is 17.8 Å². The molecule has 0 saturated carbocycles. The molecular weight excluding hydrogens is 442 g/mol. The van der Waals surface area contributed by atoms with Crippen molar-refractivity contribution in [3.05, 3.63) is 77.6 Å². The zero-order valence-corrected chi connectivity index (χ0v) is 19.3. The molecule has 2 N–H and O–H groups in total. The fourth-order valence-electron chi connectivity index (χ4n) is 3.00. The molecule has 0 saturated heterocycles. The second-order valence-electron chi connectivity index (χ2n) is 8.28. The molecular formula is C25H24ClN3O4. The van der Waals surface area contributed by atoms with Gasteiger partial charge in [-0.15, -0.1) is 0 Å². The molecule has 0 fully saturated rings. The number of ketones is 1. The standard InChI is InChI=1S/C25H24ClN3O4/c1-25(2,3)33-24(32)29-20-8-7-19(26)14-21(20)28-23(31)15-22(30)18-6-4-5-17(13-18)16-9-11-27-12-10-16/h4-14H,15H2,1-3H3,(H,28,31)(H,29,32). The lowest BCUT2D eigenvalue weighted by molar-refractivity contribution is -0.115. The number of pyridine rings is 1. The summed E-state index contributed by atoms with van der Waals surface area (Å²) in [5.74, 6) is -0.879. The molecule has 0 bridgehead atoms. The summed E-state index contributed by atoms with van der Waals surface area (Å²) in [7, 11) is 0. The third kappa shape index (κ3) is 7.15. The maximum absolute atomic E-state index is 12.7. The highest BCUT2D eigenvalue weighted by Gasteiger charge is 2.19. The Morgan fingerprint density at radius 3 is 2.33 bits per heavy atom. The van der Waals surface area contributed by atoms with E-state index in [0.29, 0.717) is 16.3 Å². The Labute approximate surface area is 197 Å². The topological polar surface area (TPSA) is 97.4 Å².